The van der Waals surface area contributed by atoms with Crippen LogP contribution in [0.25, 0.3) is 0 Å². The summed E-state index contributed by atoms with van der Waals surface area (Å²) in [6, 6.07) is 3.61. The molecule has 1 aromatic carbocycles. The van der Waals surface area contributed by atoms with Gasteiger partial charge >= 0.3 is 0 Å². The quantitative estimate of drug-likeness (QED) is 0.591. The Hall–Kier alpha value is -1.42. The van der Waals surface area contributed by atoms with Crippen LogP contribution >= 0.6 is 0 Å². The molecule has 0 saturated carbocycles. The fourth-order valence-corrected chi connectivity index (χ4v) is 1.94. The Kier molecular flexibility index (Phi) is 4.70. The number of ether oxygens (including phenoxy) is 1. The second-order valence-electron chi connectivity index (χ2n) is 4.34. The van der Waals surface area contributed by atoms with E-state index in [9.17, 15) is 8.78 Å². The Bertz CT molecular complexity index is 420. The molecule has 1 aliphatic heterocycles. The van der Waals surface area contributed by atoms with E-state index < -0.39 is 11.6 Å². The van der Waals surface area contributed by atoms with Gasteiger partial charge in [0.15, 0.2) is 11.6 Å². The van der Waals surface area contributed by atoms with Gasteiger partial charge in [-0.25, -0.2) is 8.78 Å². The number of nitrogens with zero attached hydrogens (tertiary/aromatic N) is 1. The van der Waals surface area contributed by atoms with E-state index in [2.05, 4.69) is 17.1 Å². The van der Waals surface area contributed by atoms with Gasteiger partial charge in [-0.3, -0.25) is 4.90 Å². The number of halogens is 2. The largest absolute Gasteiger partial charge is 0.493 e. The lowest BCUT2D eigenvalue weighted by atomic mass is 10.2. The molecule has 0 atom stereocenters. The van der Waals surface area contributed by atoms with Crippen molar-refractivity contribution < 1.29 is 13.5 Å². The second kappa shape index (κ2) is 6.50. The van der Waals surface area contributed by atoms with Crippen molar-refractivity contribution in [1.82, 2.24) is 4.90 Å². The summed E-state index contributed by atoms with van der Waals surface area (Å²) in [4.78, 5) is 2.34. The summed E-state index contributed by atoms with van der Waals surface area (Å²) in [7, 11) is 0. The molecule has 1 heterocycles. The van der Waals surface area contributed by atoms with Gasteiger partial charge in [-0.2, -0.15) is 0 Å². The summed E-state index contributed by atoms with van der Waals surface area (Å²) in [6.07, 6.45) is 6.34. The van der Waals surface area contributed by atoms with Crippen molar-refractivity contribution in [3.05, 3.63) is 42.0 Å². The van der Waals surface area contributed by atoms with Gasteiger partial charge in [0.2, 0.25) is 0 Å². The van der Waals surface area contributed by atoms with Crippen molar-refractivity contribution >= 4 is 0 Å². The predicted octanol–water partition coefficient (Wildman–Crippen LogP) is 3.00. The molecule has 1 aromatic rings. The molecule has 0 N–H and O–H groups in total. The van der Waals surface area contributed by atoms with Gasteiger partial charge < -0.3 is 4.74 Å². The summed E-state index contributed by atoms with van der Waals surface area (Å²) >= 11 is 0. The fraction of sp³-hybridized carbons (Fsp3) is 0.429. The lowest BCUT2D eigenvalue weighted by Gasteiger charge is -2.22. The monoisotopic (exact) mass is 253 g/mol. The molecule has 0 saturated heterocycles. The van der Waals surface area contributed by atoms with Gasteiger partial charge in [-0.15, -0.1) is 0 Å². The number of benzene rings is 1. The molecule has 98 valence electrons. The Labute approximate surface area is 106 Å². The molecular formula is C14H17F2NO. The maximum absolute atomic E-state index is 12.9. The van der Waals surface area contributed by atoms with Gasteiger partial charge in [0, 0.05) is 25.7 Å². The Morgan fingerprint density at radius 1 is 1.17 bits per heavy atom. The third kappa shape index (κ3) is 3.81. The number of hydrogen-bond acceptors (Lipinski definition) is 2. The lowest BCUT2D eigenvalue weighted by molar-refractivity contribution is 0.246. The van der Waals surface area contributed by atoms with E-state index in [1.165, 1.54) is 6.07 Å². The van der Waals surface area contributed by atoms with Crippen LogP contribution in [0.1, 0.15) is 12.8 Å². The van der Waals surface area contributed by atoms with Crippen LogP contribution < -0.4 is 4.74 Å². The number of rotatable bonds is 5. The number of hydrogen-bond donors (Lipinski definition) is 0. The van der Waals surface area contributed by atoms with E-state index in [0.717, 1.165) is 44.6 Å². The summed E-state index contributed by atoms with van der Waals surface area (Å²) in [5, 5.41) is 0. The molecule has 0 spiro atoms. The van der Waals surface area contributed by atoms with Gasteiger partial charge in [0.1, 0.15) is 5.75 Å². The van der Waals surface area contributed by atoms with Crippen molar-refractivity contribution in [3.63, 3.8) is 0 Å². The maximum atomic E-state index is 12.9. The third-order valence-corrected chi connectivity index (χ3v) is 2.92. The molecule has 0 bridgehead atoms. The van der Waals surface area contributed by atoms with Gasteiger partial charge in [0.05, 0.1) is 6.61 Å². The SMILES string of the molecule is Fc1ccc(OCCCN2CC=CCC2)cc1F. The van der Waals surface area contributed by atoms with E-state index in [4.69, 9.17) is 4.74 Å². The van der Waals surface area contributed by atoms with Crippen molar-refractivity contribution in [2.24, 2.45) is 0 Å². The van der Waals surface area contributed by atoms with Crippen molar-refractivity contribution in [2.45, 2.75) is 12.8 Å². The van der Waals surface area contributed by atoms with E-state index in [-0.39, 0.29) is 0 Å². The first-order valence-corrected chi connectivity index (χ1v) is 6.21. The maximum Gasteiger partial charge on any atom is 0.162 e. The van der Waals surface area contributed by atoms with Crippen LogP contribution in [0.15, 0.2) is 30.4 Å². The average molecular weight is 253 g/mol. The summed E-state index contributed by atoms with van der Waals surface area (Å²) in [5.41, 5.74) is 0. The minimum Gasteiger partial charge on any atom is -0.493 e. The van der Waals surface area contributed by atoms with Crippen LogP contribution in [-0.2, 0) is 0 Å². The van der Waals surface area contributed by atoms with E-state index >= 15 is 0 Å². The van der Waals surface area contributed by atoms with E-state index in [1.807, 2.05) is 0 Å². The molecule has 4 heteroatoms. The summed E-state index contributed by atoms with van der Waals surface area (Å²) in [5.74, 6) is -1.33. The first-order valence-electron chi connectivity index (χ1n) is 6.21. The molecule has 2 rings (SSSR count). The molecule has 0 fully saturated rings. The molecule has 1 aliphatic rings. The van der Waals surface area contributed by atoms with Crippen LogP contribution in [-0.4, -0.2) is 31.1 Å². The molecule has 0 radical (unpaired) electrons. The third-order valence-electron chi connectivity index (χ3n) is 2.92. The smallest absolute Gasteiger partial charge is 0.162 e. The molecule has 0 aromatic heterocycles. The Morgan fingerprint density at radius 2 is 2.06 bits per heavy atom. The first-order chi connectivity index (χ1) is 8.75. The highest BCUT2D eigenvalue weighted by molar-refractivity contribution is 5.23. The first kappa shape index (κ1) is 13.0. The minimum absolute atomic E-state index is 0.382. The van der Waals surface area contributed by atoms with Crippen LogP contribution in [0.2, 0.25) is 0 Å². The van der Waals surface area contributed by atoms with Crippen LogP contribution in [0, 0.1) is 11.6 Å². The highest BCUT2D eigenvalue weighted by Gasteiger charge is 2.06. The molecular weight excluding hydrogens is 236 g/mol. The molecule has 18 heavy (non-hydrogen) atoms. The normalized spacial score (nSPS) is 15.9. The van der Waals surface area contributed by atoms with Crippen molar-refractivity contribution in [2.75, 3.05) is 26.2 Å². The van der Waals surface area contributed by atoms with Crippen molar-refractivity contribution in [3.8, 4) is 5.75 Å². The zero-order valence-electron chi connectivity index (χ0n) is 10.2. The second-order valence-corrected chi connectivity index (χ2v) is 4.34. The van der Waals surface area contributed by atoms with E-state index in [0.29, 0.717) is 12.4 Å². The molecule has 0 unspecified atom stereocenters. The van der Waals surface area contributed by atoms with Crippen molar-refractivity contribution in [1.29, 1.82) is 0 Å². The minimum atomic E-state index is -0.867. The molecule has 0 amide bonds. The van der Waals surface area contributed by atoms with Crippen LogP contribution in [0.3, 0.4) is 0 Å². The summed E-state index contributed by atoms with van der Waals surface area (Å²) < 4.78 is 31.0. The topological polar surface area (TPSA) is 12.5 Å². The zero-order chi connectivity index (χ0) is 12.8. The fourth-order valence-electron chi connectivity index (χ4n) is 1.94. The van der Waals surface area contributed by atoms with Gasteiger partial charge in [-0.1, -0.05) is 12.2 Å². The van der Waals surface area contributed by atoms with Gasteiger partial charge in [0.25, 0.3) is 0 Å². The Balaban J connectivity index is 1.68. The molecule has 2 nitrogen and oxygen atoms in total. The van der Waals surface area contributed by atoms with Gasteiger partial charge in [-0.05, 0) is 25.0 Å². The lowest BCUT2D eigenvalue weighted by Crippen LogP contribution is -2.29. The predicted molar refractivity (Wildman–Crippen MR) is 66.7 cm³/mol. The van der Waals surface area contributed by atoms with Crippen LogP contribution in [0.5, 0.6) is 5.75 Å². The summed E-state index contributed by atoms with van der Waals surface area (Å²) in [6.45, 7) is 3.56. The average Bonchev–Trinajstić information content (AvgIpc) is 2.40. The molecule has 0 aliphatic carbocycles. The highest BCUT2D eigenvalue weighted by Crippen LogP contribution is 2.15. The Morgan fingerprint density at radius 3 is 2.78 bits per heavy atom. The standard InChI is InChI=1S/C14H17F2NO/c15-13-6-5-12(11-14(13)16)18-10-4-9-17-7-2-1-3-8-17/h1-2,5-6,11H,3-4,7-10H2. The van der Waals surface area contributed by atoms with E-state index in [1.54, 1.807) is 0 Å². The zero-order valence-corrected chi connectivity index (χ0v) is 10.2. The van der Waals surface area contributed by atoms with Crippen LogP contribution in [0.4, 0.5) is 8.78 Å². The highest BCUT2D eigenvalue weighted by atomic mass is 19.2.